The molecule has 0 spiro atoms. The standard InChI is InChI=1S/C10H19NO2/c1-4-6-11-7-5-8-13-10(12)9(2)3/h11H,2,4-8H2,1,3H3. The second-order valence-corrected chi connectivity index (χ2v) is 3.02. The van der Waals surface area contributed by atoms with Gasteiger partial charge in [-0.3, -0.25) is 0 Å². The van der Waals surface area contributed by atoms with Crippen molar-refractivity contribution in [1.29, 1.82) is 0 Å². The minimum atomic E-state index is -0.296. The molecule has 0 aromatic rings. The van der Waals surface area contributed by atoms with E-state index in [0.717, 1.165) is 25.9 Å². The van der Waals surface area contributed by atoms with Crippen molar-refractivity contribution >= 4 is 5.97 Å². The summed E-state index contributed by atoms with van der Waals surface area (Å²) in [5.41, 5.74) is 0.460. The smallest absolute Gasteiger partial charge is 0.333 e. The highest BCUT2D eigenvalue weighted by Gasteiger charge is 2.00. The molecular formula is C10H19NO2. The third-order valence-electron chi connectivity index (χ3n) is 1.51. The van der Waals surface area contributed by atoms with Crippen molar-refractivity contribution in [2.75, 3.05) is 19.7 Å². The molecule has 0 aliphatic rings. The summed E-state index contributed by atoms with van der Waals surface area (Å²) < 4.78 is 4.91. The van der Waals surface area contributed by atoms with Crippen LogP contribution < -0.4 is 5.32 Å². The predicted octanol–water partition coefficient (Wildman–Crippen LogP) is 1.50. The zero-order chi connectivity index (χ0) is 10.1. The molecule has 0 saturated heterocycles. The molecule has 13 heavy (non-hydrogen) atoms. The van der Waals surface area contributed by atoms with E-state index in [1.54, 1.807) is 6.92 Å². The molecule has 1 N–H and O–H groups in total. The normalized spacial score (nSPS) is 9.69. The number of nitrogens with one attached hydrogen (secondary N) is 1. The first-order valence-corrected chi connectivity index (χ1v) is 4.71. The lowest BCUT2D eigenvalue weighted by Crippen LogP contribution is -2.18. The molecule has 0 saturated carbocycles. The quantitative estimate of drug-likeness (QED) is 0.371. The van der Waals surface area contributed by atoms with Crippen molar-refractivity contribution in [3.63, 3.8) is 0 Å². The summed E-state index contributed by atoms with van der Waals surface area (Å²) in [4.78, 5) is 10.9. The fourth-order valence-corrected chi connectivity index (χ4v) is 0.787. The molecule has 0 bridgehead atoms. The minimum absolute atomic E-state index is 0.296. The van der Waals surface area contributed by atoms with Crippen LogP contribution in [0.5, 0.6) is 0 Å². The van der Waals surface area contributed by atoms with Gasteiger partial charge in [0, 0.05) is 5.57 Å². The first-order chi connectivity index (χ1) is 6.18. The van der Waals surface area contributed by atoms with E-state index in [1.165, 1.54) is 0 Å². The van der Waals surface area contributed by atoms with Crippen molar-refractivity contribution in [2.24, 2.45) is 0 Å². The van der Waals surface area contributed by atoms with Crippen LogP contribution in [0, 0.1) is 0 Å². The molecular weight excluding hydrogens is 166 g/mol. The molecule has 0 amide bonds. The summed E-state index contributed by atoms with van der Waals surface area (Å²) >= 11 is 0. The first kappa shape index (κ1) is 12.2. The van der Waals surface area contributed by atoms with Crippen LogP contribution in [0.1, 0.15) is 26.7 Å². The third kappa shape index (κ3) is 7.53. The first-order valence-electron chi connectivity index (χ1n) is 4.71. The average Bonchev–Trinajstić information content (AvgIpc) is 2.10. The number of rotatable bonds is 7. The van der Waals surface area contributed by atoms with E-state index in [2.05, 4.69) is 18.8 Å². The largest absolute Gasteiger partial charge is 0.462 e. The average molecular weight is 185 g/mol. The van der Waals surface area contributed by atoms with Gasteiger partial charge in [0.05, 0.1) is 6.61 Å². The van der Waals surface area contributed by atoms with E-state index in [-0.39, 0.29) is 5.97 Å². The Labute approximate surface area is 80.2 Å². The zero-order valence-corrected chi connectivity index (χ0v) is 8.56. The summed E-state index contributed by atoms with van der Waals surface area (Å²) in [6.45, 7) is 9.66. The Morgan fingerprint density at radius 1 is 1.46 bits per heavy atom. The second-order valence-electron chi connectivity index (χ2n) is 3.02. The van der Waals surface area contributed by atoms with E-state index in [4.69, 9.17) is 4.74 Å². The molecule has 0 radical (unpaired) electrons. The van der Waals surface area contributed by atoms with Gasteiger partial charge < -0.3 is 10.1 Å². The van der Waals surface area contributed by atoms with Crippen molar-refractivity contribution in [3.8, 4) is 0 Å². The highest BCUT2D eigenvalue weighted by atomic mass is 16.5. The lowest BCUT2D eigenvalue weighted by molar-refractivity contribution is -0.139. The van der Waals surface area contributed by atoms with Crippen molar-refractivity contribution < 1.29 is 9.53 Å². The molecule has 0 aromatic carbocycles. The summed E-state index contributed by atoms with van der Waals surface area (Å²) in [7, 11) is 0. The highest BCUT2D eigenvalue weighted by molar-refractivity contribution is 5.86. The molecule has 0 rings (SSSR count). The SMILES string of the molecule is C=C(C)C(=O)OCCCNCCC. The Kier molecular flexibility index (Phi) is 7.30. The van der Waals surface area contributed by atoms with Crippen LogP contribution in [0.25, 0.3) is 0 Å². The second kappa shape index (κ2) is 7.80. The van der Waals surface area contributed by atoms with Gasteiger partial charge in [0.1, 0.15) is 0 Å². The van der Waals surface area contributed by atoms with Gasteiger partial charge in [0.15, 0.2) is 0 Å². The molecule has 0 heterocycles. The Bertz CT molecular complexity index is 166. The van der Waals surface area contributed by atoms with E-state index in [1.807, 2.05) is 0 Å². The summed E-state index contributed by atoms with van der Waals surface area (Å²) in [6.07, 6.45) is 1.99. The topological polar surface area (TPSA) is 38.3 Å². The van der Waals surface area contributed by atoms with Crippen LogP contribution in [0.4, 0.5) is 0 Å². The molecule has 0 fully saturated rings. The number of ether oxygens (including phenoxy) is 1. The number of carbonyl (C=O) groups is 1. The zero-order valence-electron chi connectivity index (χ0n) is 8.56. The number of carbonyl (C=O) groups excluding carboxylic acids is 1. The Balaban J connectivity index is 3.16. The number of esters is 1. The predicted molar refractivity (Wildman–Crippen MR) is 53.6 cm³/mol. The van der Waals surface area contributed by atoms with E-state index >= 15 is 0 Å². The highest BCUT2D eigenvalue weighted by Crippen LogP contribution is 1.92. The molecule has 0 aliphatic heterocycles. The number of hydrogen-bond acceptors (Lipinski definition) is 3. The number of hydrogen-bond donors (Lipinski definition) is 1. The molecule has 3 nitrogen and oxygen atoms in total. The van der Waals surface area contributed by atoms with Gasteiger partial charge >= 0.3 is 5.97 Å². The van der Waals surface area contributed by atoms with Gasteiger partial charge in [-0.1, -0.05) is 13.5 Å². The minimum Gasteiger partial charge on any atom is -0.462 e. The molecule has 76 valence electrons. The van der Waals surface area contributed by atoms with E-state index < -0.39 is 0 Å². The maximum atomic E-state index is 10.9. The maximum absolute atomic E-state index is 10.9. The van der Waals surface area contributed by atoms with Crippen LogP contribution in [0.15, 0.2) is 12.2 Å². The van der Waals surface area contributed by atoms with Crippen LogP contribution in [0.3, 0.4) is 0 Å². The van der Waals surface area contributed by atoms with Gasteiger partial charge in [-0.25, -0.2) is 4.79 Å². The van der Waals surface area contributed by atoms with E-state index in [0.29, 0.717) is 12.2 Å². The Morgan fingerprint density at radius 2 is 2.15 bits per heavy atom. The van der Waals surface area contributed by atoms with Gasteiger partial charge in [-0.2, -0.15) is 0 Å². The van der Waals surface area contributed by atoms with Crippen molar-refractivity contribution in [3.05, 3.63) is 12.2 Å². The summed E-state index contributed by atoms with van der Waals surface area (Å²) in [5, 5.41) is 3.22. The summed E-state index contributed by atoms with van der Waals surface area (Å²) in [5.74, 6) is -0.296. The van der Waals surface area contributed by atoms with E-state index in [9.17, 15) is 4.79 Å². The Hall–Kier alpha value is -0.830. The lowest BCUT2D eigenvalue weighted by Gasteiger charge is -2.04. The van der Waals surface area contributed by atoms with Crippen LogP contribution in [-0.4, -0.2) is 25.7 Å². The lowest BCUT2D eigenvalue weighted by atomic mass is 10.3. The maximum Gasteiger partial charge on any atom is 0.333 e. The fourth-order valence-electron chi connectivity index (χ4n) is 0.787. The molecule has 0 atom stereocenters. The fraction of sp³-hybridized carbons (Fsp3) is 0.700. The van der Waals surface area contributed by atoms with Gasteiger partial charge in [0.2, 0.25) is 0 Å². The van der Waals surface area contributed by atoms with Crippen LogP contribution in [0.2, 0.25) is 0 Å². The van der Waals surface area contributed by atoms with Crippen molar-refractivity contribution in [2.45, 2.75) is 26.7 Å². The van der Waals surface area contributed by atoms with Crippen molar-refractivity contribution in [1.82, 2.24) is 5.32 Å². The molecule has 3 heteroatoms. The molecule has 0 unspecified atom stereocenters. The summed E-state index contributed by atoms with van der Waals surface area (Å²) in [6, 6.07) is 0. The Morgan fingerprint density at radius 3 is 2.69 bits per heavy atom. The monoisotopic (exact) mass is 185 g/mol. The van der Waals surface area contributed by atoms with Gasteiger partial charge in [-0.15, -0.1) is 0 Å². The third-order valence-corrected chi connectivity index (χ3v) is 1.51. The molecule has 0 aromatic heterocycles. The molecule has 0 aliphatic carbocycles. The van der Waals surface area contributed by atoms with Crippen LogP contribution >= 0.6 is 0 Å². The van der Waals surface area contributed by atoms with Crippen LogP contribution in [-0.2, 0) is 9.53 Å². The van der Waals surface area contributed by atoms with Gasteiger partial charge in [0.25, 0.3) is 0 Å². The van der Waals surface area contributed by atoms with Gasteiger partial charge in [-0.05, 0) is 32.9 Å².